The summed E-state index contributed by atoms with van der Waals surface area (Å²) in [7, 11) is 0. The molecular weight excluding hydrogens is 450 g/mol. The highest BCUT2D eigenvalue weighted by Gasteiger charge is 2.35. The Morgan fingerprint density at radius 2 is 1.78 bits per heavy atom. The average Bonchev–Trinajstić information content (AvgIpc) is 3.62. The number of rotatable bonds is 5. The lowest BCUT2D eigenvalue weighted by Gasteiger charge is -2.40. The number of nitrogens with zero attached hydrogens (tertiary/aromatic N) is 7. The van der Waals surface area contributed by atoms with Crippen molar-refractivity contribution in [2.24, 2.45) is 5.92 Å². The van der Waals surface area contributed by atoms with E-state index >= 15 is 0 Å². The Hall–Kier alpha value is -2.87. The highest BCUT2D eigenvalue weighted by atomic mass is 16.5. The molecule has 1 atom stereocenters. The first-order chi connectivity index (χ1) is 17.5. The van der Waals surface area contributed by atoms with Gasteiger partial charge < -0.3 is 19.1 Å². The summed E-state index contributed by atoms with van der Waals surface area (Å²) in [4.78, 5) is 14.8. The van der Waals surface area contributed by atoms with E-state index in [0.29, 0.717) is 18.7 Å². The zero-order valence-electron chi connectivity index (χ0n) is 22.1. The molecule has 6 rings (SSSR count). The fraction of sp³-hybridized carbons (Fsp3) is 0.607. The van der Waals surface area contributed by atoms with Gasteiger partial charge in [0.25, 0.3) is 0 Å². The van der Waals surface area contributed by atoms with Crippen LogP contribution in [0.4, 0.5) is 5.69 Å². The van der Waals surface area contributed by atoms with Crippen LogP contribution in [0.5, 0.6) is 5.75 Å². The zero-order chi connectivity index (χ0) is 24.8. The number of benzene rings is 1. The molecule has 0 spiro atoms. The van der Waals surface area contributed by atoms with Gasteiger partial charge in [0.2, 0.25) is 0 Å². The molecule has 0 aliphatic carbocycles. The van der Waals surface area contributed by atoms with E-state index in [1.165, 1.54) is 44.5 Å². The Bertz CT molecular complexity index is 1200. The van der Waals surface area contributed by atoms with Crippen LogP contribution in [-0.4, -0.2) is 67.5 Å². The Morgan fingerprint density at radius 1 is 0.944 bits per heavy atom. The van der Waals surface area contributed by atoms with Gasteiger partial charge in [-0.25, -0.2) is 14.6 Å². The van der Waals surface area contributed by atoms with Crippen LogP contribution in [0.2, 0.25) is 0 Å². The summed E-state index contributed by atoms with van der Waals surface area (Å²) in [5, 5.41) is 4.40. The number of anilines is 1. The van der Waals surface area contributed by atoms with Crippen molar-refractivity contribution in [3.05, 3.63) is 30.7 Å². The van der Waals surface area contributed by atoms with Gasteiger partial charge in [0.15, 0.2) is 5.82 Å². The largest absolute Gasteiger partial charge is 0.491 e. The van der Waals surface area contributed by atoms with E-state index in [1.54, 1.807) is 6.33 Å². The number of aromatic nitrogens is 5. The Morgan fingerprint density at radius 3 is 2.56 bits per heavy atom. The van der Waals surface area contributed by atoms with Crippen molar-refractivity contribution in [3.8, 4) is 28.7 Å². The van der Waals surface area contributed by atoms with Crippen molar-refractivity contribution in [1.82, 2.24) is 29.2 Å². The van der Waals surface area contributed by atoms with Crippen LogP contribution in [0.25, 0.3) is 22.9 Å². The van der Waals surface area contributed by atoms with Gasteiger partial charge in [-0.05, 0) is 84.5 Å². The number of imidazole rings is 1. The monoisotopic (exact) mass is 489 g/mol. The summed E-state index contributed by atoms with van der Waals surface area (Å²) in [5.74, 6) is 3.48. The molecule has 0 bridgehead atoms. The van der Waals surface area contributed by atoms with Crippen molar-refractivity contribution in [3.63, 3.8) is 0 Å². The molecule has 3 aliphatic rings. The minimum atomic E-state index is 0.230. The molecule has 0 amide bonds. The third-order valence-corrected chi connectivity index (χ3v) is 8.34. The number of hydrogen-bond donors (Lipinski definition) is 0. The molecule has 5 heterocycles. The number of fused-ring (bicyclic) bond motifs is 3. The molecule has 0 N–H and O–H groups in total. The Kier molecular flexibility index (Phi) is 6.23. The average molecular weight is 490 g/mol. The van der Waals surface area contributed by atoms with Gasteiger partial charge in [-0.3, -0.25) is 0 Å². The maximum absolute atomic E-state index is 6.28. The predicted molar refractivity (Wildman–Crippen MR) is 142 cm³/mol. The maximum atomic E-state index is 6.28. The summed E-state index contributed by atoms with van der Waals surface area (Å²) < 4.78 is 10.4. The minimum absolute atomic E-state index is 0.230. The van der Waals surface area contributed by atoms with Gasteiger partial charge in [-0.15, -0.1) is 0 Å². The van der Waals surface area contributed by atoms with E-state index in [1.807, 2.05) is 4.68 Å². The van der Waals surface area contributed by atoms with Gasteiger partial charge >= 0.3 is 0 Å². The van der Waals surface area contributed by atoms with E-state index < -0.39 is 0 Å². The molecule has 0 unspecified atom stereocenters. The Balaban J connectivity index is 1.27. The van der Waals surface area contributed by atoms with Crippen LogP contribution in [0, 0.1) is 5.92 Å². The molecule has 36 heavy (non-hydrogen) atoms. The van der Waals surface area contributed by atoms with E-state index in [2.05, 4.69) is 76.5 Å². The lowest BCUT2D eigenvalue weighted by molar-refractivity contribution is 0.138. The standard InChI is InChI=1S/C28H39N7O/c1-19(2)32-12-9-21(10-13-32)25-6-5-11-34(25)22-7-8-23-26(16-22)36-15-14-33-17-24(31-27(23)33)28-29-18-30-35(28)20(3)4/h7-8,16-21,25H,5-6,9-15H2,1-4H3/t25-/m0/s1. The van der Waals surface area contributed by atoms with E-state index in [4.69, 9.17) is 9.72 Å². The van der Waals surface area contributed by atoms with Gasteiger partial charge in [-0.1, -0.05) is 0 Å². The highest BCUT2D eigenvalue weighted by Crippen LogP contribution is 2.40. The second-order valence-electron chi connectivity index (χ2n) is 11.2. The maximum Gasteiger partial charge on any atom is 0.178 e. The van der Waals surface area contributed by atoms with Crippen LogP contribution in [0.1, 0.15) is 59.4 Å². The lowest BCUT2D eigenvalue weighted by Crippen LogP contribution is -2.44. The van der Waals surface area contributed by atoms with Crippen LogP contribution in [0.3, 0.4) is 0 Å². The second-order valence-corrected chi connectivity index (χ2v) is 11.2. The highest BCUT2D eigenvalue weighted by molar-refractivity contribution is 5.72. The van der Waals surface area contributed by atoms with Gasteiger partial charge in [0, 0.05) is 42.6 Å². The van der Waals surface area contributed by atoms with Crippen molar-refractivity contribution in [1.29, 1.82) is 0 Å². The predicted octanol–water partition coefficient (Wildman–Crippen LogP) is 4.87. The van der Waals surface area contributed by atoms with Crippen LogP contribution in [-0.2, 0) is 6.54 Å². The molecule has 0 radical (unpaired) electrons. The normalized spacial score (nSPS) is 21.1. The molecule has 8 nitrogen and oxygen atoms in total. The second kappa shape index (κ2) is 9.54. The van der Waals surface area contributed by atoms with E-state index in [0.717, 1.165) is 47.7 Å². The first-order valence-electron chi connectivity index (χ1n) is 13.7. The lowest BCUT2D eigenvalue weighted by atomic mass is 9.87. The molecule has 2 aromatic heterocycles. The van der Waals surface area contributed by atoms with Gasteiger partial charge in [0.1, 0.15) is 30.2 Å². The molecule has 1 aromatic carbocycles. The summed E-state index contributed by atoms with van der Waals surface area (Å²) in [6, 6.07) is 8.28. The molecular formula is C28H39N7O. The molecule has 3 aromatic rings. The quantitative estimate of drug-likeness (QED) is 0.509. The first kappa shape index (κ1) is 23.5. The number of likely N-dealkylation sites (tertiary alicyclic amines) is 1. The van der Waals surface area contributed by atoms with Crippen molar-refractivity contribution in [2.45, 2.75) is 78.0 Å². The summed E-state index contributed by atoms with van der Waals surface area (Å²) in [6.45, 7) is 13.9. The summed E-state index contributed by atoms with van der Waals surface area (Å²) in [5.41, 5.74) is 3.21. The third-order valence-electron chi connectivity index (χ3n) is 8.34. The van der Waals surface area contributed by atoms with E-state index in [9.17, 15) is 0 Å². The number of ether oxygens (including phenoxy) is 1. The minimum Gasteiger partial charge on any atom is -0.491 e. The molecule has 2 fully saturated rings. The molecule has 0 saturated carbocycles. The fourth-order valence-corrected chi connectivity index (χ4v) is 6.39. The zero-order valence-corrected chi connectivity index (χ0v) is 22.1. The smallest absolute Gasteiger partial charge is 0.178 e. The summed E-state index contributed by atoms with van der Waals surface area (Å²) in [6.07, 6.45) is 8.89. The van der Waals surface area contributed by atoms with Crippen molar-refractivity contribution in [2.75, 3.05) is 31.1 Å². The van der Waals surface area contributed by atoms with Crippen molar-refractivity contribution >= 4 is 5.69 Å². The molecule has 2 saturated heterocycles. The van der Waals surface area contributed by atoms with Gasteiger partial charge in [-0.2, -0.15) is 5.10 Å². The fourth-order valence-electron chi connectivity index (χ4n) is 6.39. The topological polar surface area (TPSA) is 64.2 Å². The molecule has 3 aliphatic heterocycles. The van der Waals surface area contributed by atoms with Crippen LogP contribution in [0.15, 0.2) is 30.7 Å². The third kappa shape index (κ3) is 4.19. The summed E-state index contributed by atoms with van der Waals surface area (Å²) >= 11 is 0. The molecule has 8 heteroatoms. The first-order valence-corrected chi connectivity index (χ1v) is 13.7. The number of hydrogen-bond acceptors (Lipinski definition) is 6. The van der Waals surface area contributed by atoms with Crippen molar-refractivity contribution < 1.29 is 4.74 Å². The SMILES string of the molecule is CC(C)N1CCC([C@@H]2CCCN2c2ccc3c(c2)OCCn2cc(-c4ncnn4C(C)C)nc2-3)CC1. The van der Waals surface area contributed by atoms with Crippen LogP contribution < -0.4 is 9.64 Å². The van der Waals surface area contributed by atoms with Gasteiger partial charge in [0.05, 0.1) is 12.1 Å². The van der Waals surface area contributed by atoms with Crippen LogP contribution >= 0.6 is 0 Å². The number of piperidine rings is 1. The Labute approximate surface area is 214 Å². The molecule has 192 valence electrons. The van der Waals surface area contributed by atoms with E-state index in [-0.39, 0.29) is 6.04 Å².